The van der Waals surface area contributed by atoms with E-state index in [1.807, 2.05) is 18.2 Å². The van der Waals surface area contributed by atoms with Gasteiger partial charge in [0.25, 0.3) is 0 Å². The van der Waals surface area contributed by atoms with Crippen molar-refractivity contribution in [2.45, 2.75) is 18.9 Å². The van der Waals surface area contributed by atoms with Gasteiger partial charge in [0.15, 0.2) is 5.78 Å². The lowest BCUT2D eigenvalue weighted by Gasteiger charge is -2.34. The van der Waals surface area contributed by atoms with Crippen LogP contribution in [-0.2, 0) is 0 Å². The molecule has 1 atom stereocenters. The Kier molecular flexibility index (Phi) is 6.60. The van der Waals surface area contributed by atoms with E-state index in [-0.39, 0.29) is 23.6 Å². The first-order chi connectivity index (χ1) is 13.2. The molecule has 27 heavy (non-hydrogen) atoms. The molecule has 1 unspecified atom stereocenters. The molecular weight excluding hydrogens is 341 g/mol. The highest BCUT2D eigenvalue weighted by Gasteiger charge is 2.27. The van der Waals surface area contributed by atoms with E-state index in [9.17, 15) is 9.18 Å². The molecule has 1 heterocycles. The van der Waals surface area contributed by atoms with Crippen LogP contribution in [-0.4, -0.2) is 30.3 Å². The van der Waals surface area contributed by atoms with Gasteiger partial charge in [-0.05, 0) is 55.8 Å². The zero-order valence-corrected chi connectivity index (χ0v) is 15.4. The second-order valence-corrected chi connectivity index (χ2v) is 6.94. The zero-order chi connectivity index (χ0) is 19.1. The van der Waals surface area contributed by atoms with Gasteiger partial charge in [-0.25, -0.2) is 4.39 Å². The third-order valence-electron chi connectivity index (χ3n) is 5.12. The zero-order valence-electron chi connectivity index (χ0n) is 15.4. The molecule has 0 aromatic heterocycles. The maximum Gasteiger partial charge on any atom is 0.166 e. The molecule has 2 aromatic carbocycles. The quantitative estimate of drug-likeness (QED) is 0.736. The van der Waals surface area contributed by atoms with Crippen molar-refractivity contribution >= 4 is 5.78 Å². The molecule has 0 aliphatic carbocycles. The van der Waals surface area contributed by atoms with Crippen LogP contribution in [0, 0.1) is 11.7 Å². The van der Waals surface area contributed by atoms with Crippen LogP contribution in [0.2, 0.25) is 0 Å². The summed E-state index contributed by atoms with van der Waals surface area (Å²) in [6, 6.07) is 16.3. The van der Waals surface area contributed by atoms with Gasteiger partial charge in [0.1, 0.15) is 5.82 Å². The number of nitrogens with two attached hydrogens (primary N) is 1. The number of hydrogen-bond donors (Lipinski definition) is 2. The van der Waals surface area contributed by atoms with Crippen LogP contribution in [0.25, 0.3) is 0 Å². The van der Waals surface area contributed by atoms with Gasteiger partial charge in [-0.3, -0.25) is 4.79 Å². The third-order valence-corrected chi connectivity index (χ3v) is 5.12. The van der Waals surface area contributed by atoms with E-state index >= 15 is 0 Å². The van der Waals surface area contributed by atoms with Gasteiger partial charge in [0.05, 0.1) is 6.04 Å². The number of nitrogens with one attached hydrogen (secondary N) is 1. The molecule has 3 N–H and O–H groups in total. The lowest BCUT2D eigenvalue weighted by atomic mass is 9.88. The molecule has 0 saturated carbocycles. The molecule has 142 valence electrons. The minimum atomic E-state index is -0.313. The van der Waals surface area contributed by atoms with Gasteiger partial charge in [-0.15, -0.1) is 0 Å². The molecule has 3 rings (SSSR count). The molecule has 1 aliphatic heterocycles. The van der Waals surface area contributed by atoms with E-state index < -0.39 is 0 Å². The fraction of sp³-hybridized carbons (Fsp3) is 0.318. The van der Waals surface area contributed by atoms with Crippen LogP contribution in [0.5, 0.6) is 0 Å². The van der Waals surface area contributed by atoms with E-state index in [1.165, 1.54) is 23.9 Å². The highest BCUT2D eigenvalue weighted by Crippen LogP contribution is 2.24. The Morgan fingerprint density at radius 3 is 2.44 bits per heavy atom. The molecule has 1 aliphatic rings. The fourth-order valence-electron chi connectivity index (χ4n) is 3.60. The lowest BCUT2D eigenvalue weighted by Crippen LogP contribution is -2.40. The number of benzene rings is 2. The summed E-state index contributed by atoms with van der Waals surface area (Å²) in [4.78, 5) is 15.0. The molecule has 2 aromatic rings. The summed E-state index contributed by atoms with van der Waals surface area (Å²) < 4.78 is 13.1. The number of halogens is 1. The molecule has 0 radical (unpaired) electrons. The van der Waals surface area contributed by atoms with Crippen molar-refractivity contribution in [2.75, 3.05) is 19.6 Å². The Labute approximate surface area is 159 Å². The Balaban J connectivity index is 1.57. The van der Waals surface area contributed by atoms with E-state index in [0.29, 0.717) is 5.56 Å². The monoisotopic (exact) mass is 367 g/mol. The first-order valence-electron chi connectivity index (χ1n) is 9.37. The first kappa shape index (κ1) is 19.1. The second-order valence-electron chi connectivity index (χ2n) is 6.94. The number of carbonyl (C=O) groups is 1. The lowest BCUT2D eigenvalue weighted by molar-refractivity contribution is 0.0833. The molecule has 1 saturated heterocycles. The molecule has 5 heteroatoms. The number of rotatable bonds is 7. The molecule has 0 amide bonds. The van der Waals surface area contributed by atoms with Crippen molar-refractivity contribution in [2.24, 2.45) is 11.7 Å². The summed E-state index contributed by atoms with van der Waals surface area (Å²) in [6.45, 7) is 2.59. The average molecular weight is 367 g/mol. The summed E-state index contributed by atoms with van der Waals surface area (Å²) in [5.74, 6) is -0.176. The minimum Gasteiger partial charge on any atom is -0.403 e. The maximum absolute atomic E-state index is 13.1. The van der Waals surface area contributed by atoms with Crippen LogP contribution in [0.15, 0.2) is 67.0 Å². The highest BCUT2D eigenvalue weighted by atomic mass is 19.1. The Bertz CT molecular complexity index is 753. The highest BCUT2D eigenvalue weighted by molar-refractivity contribution is 5.97. The number of likely N-dealkylation sites (tertiary alicyclic amines) is 1. The average Bonchev–Trinajstić information content (AvgIpc) is 2.72. The molecule has 4 nitrogen and oxygen atoms in total. The van der Waals surface area contributed by atoms with Gasteiger partial charge in [0.2, 0.25) is 0 Å². The molecular formula is C22H26FN3O. The normalized spacial score (nSPS) is 17.1. The van der Waals surface area contributed by atoms with E-state index in [1.54, 1.807) is 18.3 Å². The van der Waals surface area contributed by atoms with Crippen molar-refractivity contribution in [1.29, 1.82) is 0 Å². The smallest absolute Gasteiger partial charge is 0.166 e. The van der Waals surface area contributed by atoms with Gasteiger partial charge in [0, 0.05) is 30.4 Å². The topological polar surface area (TPSA) is 58.4 Å². The third kappa shape index (κ3) is 5.17. The first-order valence-corrected chi connectivity index (χ1v) is 9.37. The minimum absolute atomic E-state index is 0.0128. The van der Waals surface area contributed by atoms with Crippen molar-refractivity contribution in [3.05, 3.63) is 83.9 Å². The van der Waals surface area contributed by atoms with Crippen LogP contribution >= 0.6 is 0 Å². The number of carbonyl (C=O) groups excluding carboxylic acids is 1. The number of Topliss-reactive ketones (excluding diaryl/α,β-unsaturated/α-hetero) is 1. The van der Waals surface area contributed by atoms with Crippen LogP contribution in [0.4, 0.5) is 4.39 Å². The van der Waals surface area contributed by atoms with Gasteiger partial charge < -0.3 is 16.0 Å². The predicted molar refractivity (Wildman–Crippen MR) is 106 cm³/mol. The Morgan fingerprint density at radius 1 is 1.15 bits per heavy atom. The number of hydrogen-bond acceptors (Lipinski definition) is 4. The maximum atomic E-state index is 13.1. The Morgan fingerprint density at radius 2 is 1.81 bits per heavy atom. The standard InChI is InChI=1S/C22H26FN3O/c23-20-8-6-18(7-9-20)22(27)19-10-14-26(15-11-19)16-21(25-13-12-24)17-4-2-1-3-5-17/h1-9,12-13,19,21,25H,10-11,14-16,24H2/b13-12-. The summed E-state index contributed by atoms with van der Waals surface area (Å²) in [5, 5.41) is 3.35. The van der Waals surface area contributed by atoms with Crippen molar-refractivity contribution in [3.63, 3.8) is 0 Å². The van der Waals surface area contributed by atoms with Crippen LogP contribution < -0.4 is 11.1 Å². The molecule has 0 bridgehead atoms. The summed E-state index contributed by atoms with van der Waals surface area (Å²) in [5.41, 5.74) is 7.30. The van der Waals surface area contributed by atoms with Gasteiger partial charge in [-0.2, -0.15) is 0 Å². The molecule has 1 fully saturated rings. The SMILES string of the molecule is N/C=C\NC(CN1CCC(C(=O)c2ccc(F)cc2)CC1)c1ccccc1. The van der Waals surface area contributed by atoms with Crippen LogP contribution in [0.3, 0.4) is 0 Å². The Hall–Kier alpha value is -2.66. The van der Waals surface area contributed by atoms with Gasteiger partial charge >= 0.3 is 0 Å². The van der Waals surface area contributed by atoms with Crippen molar-refractivity contribution in [3.8, 4) is 0 Å². The summed E-state index contributed by atoms with van der Waals surface area (Å²) in [7, 11) is 0. The fourth-order valence-corrected chi connectivity index (χ4v) is 3.60. The van der Waals surface area contributed by atoms with Crippen LogP contribution in [0.1, 0.15) is 34.8 Å². The van der Waals surface area contributed by atoms with E-state index in [4.69, 9.17) is 5.73 Å². The second kappa shape index (κ2) is 9.33. The molecule has 0 spiro atoms. The summed E-state index contributed by atoms with van der Waals surface area (Å²) in [6.07, 6.45) is 4.92. The number of piperidine rings is 1. The number of nitrogens with zero attached hydrogens (tertiary/aromatic N) is 1. The van der Waals surface area contributed by atoms with Crippen molar-refractivity contribution in [1.82, 2.24) is 10.2 Å². The van der Waals surface area contributed by atoms with Crippen molar-refractivity contribution < 1.29 is 9.18 Å². The van der Waals surface area contributed by atoms with E-state index in [0.717, 1.165) is 32.5 Å². The largest absolute Gasteiger partial charge is 0.403 e. The van der Waals surface area contributed by atoms with Gasteiger partial charge in [-0.1, -0.05) is 30.3 Å². The summed E-state index contributed by atoms with van der Waals surface area (Å²) >= 11 is 0. The van der Waals surface area contributed by atoms with E-state index in [2.05, 4.69) is 22.3 Å². The number of ketones is 1. The predicted octanol–water partition coefficient (Wildman–Crippen LogP) is 3.48.